The second-order valence-corrected chi connectivity index (χ2v) is 2.83. The fraction of sp³-hybridized carbons (Fsp3) is 0.111. The number of aromatic nitrogens is 4. The Bertz CT molecular complexity index is 440. The molecule has 0 saturated carbocycles. The van der Waals surface area contributed by atoms with E-state index in [2.05, 4.69) is 19.9 Å². The molecule has 0 atom stereocenters. The second kappa shape index (κ2) is 3.37. The monoisotopic (exact) mass is 187 g/mol. The van der Waals surface area contributed by atoms with Crippen LogP contribution >= 0.6 is 0 Å². The molecule has 0 aliphatic carbocycles. The lowest BCUT2D eigenvalue weighted by Gasteiger charge is -2.00. The van der Waals surface area contributed by atoms with Crippen molar-refractivity contribution in [3.63, 3.8) is 0 Å². The minimum absolute atomic E-state index is 0.453. The summed E-state index contributed by atoms with van der Waals surface area (Å²) in [6.07, 6.45) is 4.94. The number of nitrogen functional groups attached to an aromatic ring is 1. The van der Waals surface area contributed by atoms with Gasteiger partial charge in [0.25, 0.3) is 0 Å². The number of nitrogens with two attached hydrogens (primary N) is 1. The minimum Gasteiger partial charge on any atom is -0.383 e. The first-order valence-electron chi connectivity index (χ1n) is 4.14. The van der Waals surface area contributed by atoms with Crippen molar-refractivity contribution in [1.29, 1.82) is 0 Å². The van der Waals surface area contributed by atoms with Crippen molar-refractivity contribution in [3.8, 4) is 11.6 Å². The first-order valence-corrected chi connectivity index (χ1v) is 4.14. The topological polar surface area (TPSA) is 77.6 Å². The smallest absolute Gasteiger partial charge is 0.199 e. The van der Waals surface area contributed by atoms with E-state index in [0.29, 0.717) is 17.5 Å². The fourth-order valence-corrected chi connectivity index (χ4v) is 0.978. The summed E-state index contributed by atoms with van der Waals surface area (Å²) >= 11 is 0. The largest absolute Gasteiger partial charge is 0.383 e. The van der Waals surface area contributed by atoms with Gasteiger partial charge in [0.2, 0.25) is 0 Å². The molecule has 0 aliphatic heterocycles. The van der Waals surface area contributed by atoms with E-state index in [1.54, 1.807) is 24.7 Å². The Balaban J connectivity index is 2.48. The molecule has 0 aliphatic rings. The molecule has 2 N–H and O–H groups in total. The van der Waals surface area contributed by atoms with E-state index >= 15 is 0 Å². The summed E-state index contributed by atoms with van der Waals surface area (Å²) in [5.74, 6) is 1.40. The summed E-state index contributed by atoms with van der Waals surface area (Å²) in [4.78, 5) is 16.2. The van der Waals surface area contributed by atoms with Crippen molar-refractivity contribution < 1.29 is 0 Å². The third kappa shape index (κ3) is 1.52. The Hall–Kier alpha value is -2.04. The molecular formula is C9H9N5. The Kier molecular flexibility index (Phi) is 2.06. The first-order chi connectivity index (χ1) is 6.77. The van der Waals surface area contributed by atoms with E-state index in [1.807, 2.05) is 6.92 Å². The summed E-state index contributed by atoms with van der Waals surface area (Å²) in [6.45, 7) is 1.85. The van der Waals surface area contributed by atoms with Crippen LogP contribution in [0.3, 0.4) is 0 Å². The molecule has 5 nitrogen and oxygen atoms in total. The molecule has 5 heteroatoms. The van der Waals surface area contributed by atoms with Crippen LogP contribution in [0.15, 0.2) is 24.7 Å². The minimum atomic E-state index is 0.453. The SMILES string of the molecule is Cc1cnc(-c2ncccn2)nc1N. The van der Waals surface area contributed by atoms with Gasteiger partial charge in [-0.2, -0.15) is 0 Å². The number of aryl methyl sites for hydroxylation is 1. The van der Waals surface area contributed by atoms with Gasteiger partial charge in [0.05, 0.1) is 0 Å². The van der Waals surface area contributed by atoms with Crippen molar-refractivity contribution >= 4 is 5.82 Å². The predicted octanol–water partition coefficient (Wildman–Crippen LogP) is 0.824. The van der Waals surface area contributed by atoms with E-state index in [4.69, 9.17) is 5.73 Å². The molecule has 2 heterocycles. The quantitative estimate of drug-likeness (QED) is 0.715. The third-order valence-electron chi connectivity index (χ3n) is 1.78. The van der Waals surface area contributed by atoms with Crippen LogP contribution in [-0.4, -0.2) is 19.9 Å². The molecule has 0 bridgehead atoms. The number of nitrogens with zero attached hydrogens (tertiary/aromatic N) is 4. The molecule has 0 amide bonds. The zero-order valence-corrected chi connectivity index (χ0v) is 7.68. The lowest BCUT2D eigenvalue weighted by molar-refractivity contribution is 1.07. The van der Waals surface area contributed by atoms with Crippen LogP contribution < -0.4 is 5.73 Å². The fourth-order valence-electron chi connectivity index (χ4n) is 0.978. The maximum Gasteiger partial charge on any atom is 0.199 e. The van der Waals surface area contributed by atoms with Crippen molar-refractivity contribution in [2.75, 3.05) is 5.73 Å². The zero-order valence-electron chi connectivity index (χ0n) is 7.68. The summed E-state index contributed by atoms with van der Waals surface area (Å²) < 4.78 is 0. The van der Waals surface area contributed by atoms with Crippen molar-refractivity contribution in [2.24, 2.45) is 0 Å². The number of hydrogen-bond acceptors (Lipinski definition) is 5. The van der Waals surface area contributed by atoms with Gasteiger partial charge in [-0.25, -0.2) is 19.9 Å². The van der Waals surface area contributed by atoms with Gasteiger partial charge in [0.15, 0.2) is 11.6 Å². The highest BCUT2D eigenvalue weighted by Gasteiger charge is 2.04. The highest BCUT2D eigenvalue weighted by atomic mass is 15.0. The molecular weight excluding hydrogens is 178 g/mol. The van der Waals surface area contributed by atoms with E-state index in [1.165, 1.54) is 0 Å². The van der Waals surface area contributed by atoms with Gasteiger partial charge < -0.3 is 5.73 Å². The Morgan fingerprint density at radius 3 is 2.43 bits per heavy atom. The number of rotatable bonds is 1. The molecule has 2 rings (SSSR count). The molecule has 70 valence electrons. The summed E-state index contributed by atoms with van der Waals surface area (Å²) in [6, 6.07) is 1.74. The normalized spacial score (nSPS) is 10.1. The van der Waals surface area contributed by atoms with Crippen LogP contribution in [0, 0.1) is 6.92 Å². The zero-order chi connectivity index (χ0) is 9.97. The molecule has 0 aromatic carbocycles. The molecule has 2 aromatic heterocycles. The van der Waals surface area contributed by atoms with Gasteiger partial charge >= 0.3 is 0 Å². The average Bonchev–Trinajstić information content (AvgIpc) is 2.23. The number of anilines is 1. The van der Waals surface area contributed by atoms with Gasteiger partial charge in [-0.05, 0) is 13.0 Å². The van der Waals surface area contributed by atoms with E-state index in [-0.39, 0.29) is 0 Å². The van der Waals surface area contributed by atoms with Crippen LogP contribution in [0.25, 0.3) is 11.6 Å². The van der Waals surface area contributed by atoms with Crippen molar-refractivity contribution in [2.45, 2.75) is 6.92 Å². The van der Waals surface area contributed by atoms with Gasteiger partial charge in [-0.15, -0.1) is 0 Å². The first kappa shape index (κ1) is 8.55. The molecule has 0 saturated heterocycles. The summed E-state index contributed by atoms with van der Waals surface area (Å²) in [5, 5.41) is 0. The maximum atomic E-state index is 5.65. The molecule has 0 spiro atoms. The Labute approximate surface area is 81.1 Å². The standard InChI is InChI=1S/C9H9N5/c1-6-5-13-9(14-7(6)10)8-11-3-2-4-12-8/h2-5H,1H3,(H2,10,13,14). The highest BCUT2D eigenvalue weighted by Crippen LogP contribution is 2.11. The van der Waals surface area contributed by atoms with Crippen molar-refractivity contribution in [1.82, 2.24) is 19.9 Å². The van der Waals surface area contributed by atoms with Crippen LogP contribution in [0.2, 0.25) is 0 Å². The van der Waals surface area contributed by atoms with Crippen LogP contribution in [0.1, 0.15) is 5.56 Å². The maximum absolute atomic E-state index is 5.65. The Morgan fingerprint density at radius 2 is 1.79 bits per heavy atom. The highest BCUT2D eigenvalue weighted by molar-refractivity contribution is 5.48. The van der Waals surface area contributed by atoms with E-state index < -0.39 is 0 Å². The van der Waals surface area contributed by atoms with Gasteiger partial charge in [-0.1, -0.05) is 0 Å². The van der Waals surface area contributed by atoms with Gasteiger partial charge in [0, 0.05) is 24.2 Å². The van der Waals surface area contributed by atoms with Crippen molar-refractivity contribution in [3.05, 3.63) is 30.2 Å². The van der Waals surface area contributed by atoms with Gasteiger partial charge in [-0.3, -0.25) is 0 Å². The molecule has 0 unspecified atom stereocenters. The molecule has 14 heavy (non-hydrogen) atoms. The van der Waals surface area contributed by atoms with Crippen LogP contribution in [0.4, 0.5) is 5.82 Å². The lowest BCUT2D eigenvalue weighted by Crippen LogP contribution is -2.00. The Morgan fingerprint density at radius 1 is 1.07 bits per heavy atom. The summed E-state index contributed by atoms with van der Waals surface area (Å²) in [7, 11) is 0. The van der Waals surface area contributed by atoms with Crippen LogP contribution in [-0.2, 0) is 0 Å². The predicted molar refractivity (Wildman–Crippen MR) is 52.2 cm³/mol. The molecule has 2 aromatic rings. The summed E-state index contributed by atoms with van der Waals surface area (Å²) in [5.41, 5.74) is 6.50. The third-order valence-corrected chi connectivity index (χ3v) is 1.78. The van der Waals surface area contributed by atoms with E-state index in [0.717, 1.165) is 5.56 Å². The second-order valence-electron chi connectivity index (χ2n) is 2.83. The average molecular weight is 187 g/mol. The molecule has 0 radical (unpaired) electrons. The van der Waals surface area contributed by atoms with Gasteiger partial charge in [0.1, 0.15) is 5.82 Å². The number of hydrogen-bond donors (Lipinski definition) is 1. The lowest BCUT2D eigenvalue weighted by atomic mass is 10.3. The van der Waals surface area contributed by atoms with Crippen LogP contribution in [0.5, 0.6) is 0 Å². The van der Waals surface area contributed by atoms with E-state index in [9.17, 15) is 0 Å². The molecule has 0 fully saturated rings.